The van der Waals surface area contributed by atoms with Gasteiger partial charge in [0.2, 0.25) is 5.82 Å². The summed E-state index contributed by atoms with van der Waals surface area (Å²) in [6.07, 6.45) is 3.75. The van der Waals surface area contributed by atoms with Crippen molar-refractivity contribution in [2.75, 3.05) is 12.4 Å². The molecule has 2 unspecified atom stereocenters. The summed E-state index contributed by atoms with van der Waals surface area (Å²) in [4.78, 5) is 26.0. The van der Waals surface area contributed by atoms with Crippen LogP contribution in [-0.4, -0.2) is 35.1 Å². The normalized spacial score (nSPS) is 21.6. The predicted octanol–water partition coefficient (Wildman–Crippen LogP) is 1.46. The molecule has 1 aromatic heterocycles. The molecule has 3 N–H and O–H groups in total. The van der Waals surface area contributed by atoms with Crippen molar-refractivity contribution in [3.05, 3.63) is 27.9 Å². The summed E-state index contributed by atoms with van der Waals surface area (Å²) in [7, 11) is 1.23. The Kier molecular flexibility index (Phi) is 4.69. The van der Waals surface area contributed by atoms with Crippen LogP contribution in [0.2, 0.25) is 0 Å². The molecule has 2 atom stereocenters. The summed E-state index contributed by atoms with van der Waals surface area (Å²) < 4.78 is 4.58. The van der Waals surface area contributed by atoms with Crippen LogP contribution in [0.15, 0.2) is 12.1 Å². The zero-order chi connectivity index (χ0) is 15.4. The number of methoxy groups -OCH3 is 1. The first-order valence-electron chi connectivity index (χ1n) is 6.78. The number of hydrogen-bond donors (Lipinski definition) is 2. The molecule has 0 radical (unpaired) electrons. The molecule has 0 bridgehead atoms. The summed E-state index contributed by atoms with van der Waals surface area (Å²) >= 11 is 0. The third-order valence-electron chi connectivity index (χ3n) is 3.61. The Morgan fingerprint density at radius 3 is 2.81 bits per heavy atom. The highest BCUT2D eigenvalue weighted by Crippen LogP contribution is 2.26. The molecule has 8 nitrogen and oxygen atoms in total. The Morgan fingerprint density at radius 1 is 1.48 bits per heavy atom. The van der Waals surface area contributed by atoms with Gasteiger partial charge in [0.25, 0.3) is 0 Å². The van der Waals surface area contributed by atoms with Crippen LogP contribution in [0.4, 0.5) is 11.5 Å². The van der Waals surface area contributed by atoms with Crippen molar-refractivity contribution in [1.82, 2.24) is 4.98 Å². The van der Waals surface area contributed by atoms with Gasteiger partial charge >= 0.3 is 11.7 Å². The average Bonchev–Trinajstić information content (AvgIpc) is 2.48. The van der Waals surface area contributed by atoms with Gasteiger partial charge in [-0.1, -0.05) is 12.8 Å². The van der Waals surface area contributed by atoms with E-state index in [1.54, 1.807) is 0 Å². The topological polar surface area (TPSA) is 120 Å². The molecule has 1 aromatic rings. The summed E-state index contributed by atoms with van der Waals surface area (Å²) in [6, 6.07) is 2.35. The van der Waals surface area contributed by atoms with E-state index in [4.69, 9.17) is 5.73 Å². The first-order chi connectivity index (χ1) is 10.0. The highest BCUT2D eigenvalue weighted by Gasteiger charge is 2.26. The first kappa shape index (κ1) is 15.2. The SMILES string of the molecule is COC(=O)c1ccc([N+](=O)[O-])c(NC2CCCCC2N)n1. The van der Waals surface area contributed by atoms with Crippen LogP contribution in [0, 0.1) is 10.1 Å². The van der Waals surface area contributed by atoms with E-state index in [1.165, 1.54) is 19.2 Å². The minimum atomic E-state index is -0.638. The standard InChI is InChI=1S/C13H18N4O4/c1-21-13(18)10-6-7-11(17(19)20)12(16-10)15-9-5-3-2-4-8(9)14/h6-9H,2-5,14H2,1H3,(H,15,16). The number of hydrogen-bond acceptors (Lipinski definition) is 7. The Hall–Kier alpha value is -2.22. The maximum atomic E-state index is 11.5. The fraction of sp³-hybridized carbons (Fsp3) is 0.538. The maximum Gasteiger partial charge on any atom is 0.356 e. The Bertz CT molecular complexity index is 549. The number of esters is 1. The number of anilines is 1. The van der Waals surface area contributed by atoms with E-state index in [9.17, 15) is 14.9 Å². The van der Waals surface area contributed by atoms with E-state index in [0.717, 1.165) is 25.7 Å². The Balaban J connectivity index is 2.29. The highest BCUT2D eigenvalue weighted by molar-refractivity contribution is 5.88. The predicted molar refractivity (Wildman–Crippen MR) is 76.1 cm³/mol. The number of nitrogens with one attached hydrogen (secondary N) is 1. The summed E-state index contributed by atoms with van der Waals surface area (Å²) in [5.74, 6) is -0.578. The largest absolute Gasteiger partial charge is 0.464 e. The number of rotatable bonds is 4. The molecule has 0 aliphatic heterocycles. The van der Waals surface area contributed by atoms with Crippen molar-refractivity contribution < 1.29 is 14.5 Å². The lowest BCUT2D eigenvalue weighted by atomic mass is 9.91. The van der Waals surface area contributed by atoms with Gasteiger partial charge in [0.1, 0.15) is 0 Å². The molecule has 0 aromatic carbocycles. The number of pyridine rings is 1. The van der Waals surface area contributed by atoms with Gasteiger partial charge in [-0.2, -0.15) is 0 Å². The molecule has 2 rings (SSSR count). The van der Waals surface area contributed by atoms with Gasteiger partial charge in [-0.25, -0.2) is 9.78 Å². The quantitative estimate of drug-likeness (QED) is 0.490. The number of nitro groups is 1. The van der Waals surface area contributed by atoms with E-state index in [2.05, 4.69) is 15.0 Å². The molecule has 8 heteroatoms. The molecule has 0 amide bonds. The minimum Gasteiger partial charge on any atom is -0.464 e. The van der Waals surface area contributed by atoms with Crippen molar-refractivity contribution in [2.24, 2.45) is 5.73 Å². The lowest BCUT2D eigenvalue weighted by Crippen LogP contribution is -2.42. The van der Waals surface area contributed by atoms with Gasteiger partial charge in [0.05, 0.1) is 12.0 Å². The fourth-order valence-corrected chi connectivity index (χ4v) is 2.44. The molecule has 1 aliphatic carbocycles. The molecular weight excluding hydrogens is 276 g/mol. The van der Waals surface area contributed by atoms with Crippen LogP contribution in [0.3, 0.4) is 0 Å². The third kappa shape index (κ3) is 3.46. The van der Waals surface area contributed by atoms with Gasteiger partial charge < -0.3 is 15.8 Å². The molecule has 21 heavy (non-hydrogen) atoms. The van der Waals surface area contributed by atoms with Crippen molar-refractivity contribution >= 4 is 17.5 Å². The fourth-order valence-electron chi connectivity index (χ4n) is 2.44. The second kappa shape index (κ2) is 6.49. The highest BCUT2D eigenvalue weighted by atomic mass is 16.6. The maximum absolute atomic E-state index is 11.5. The monoisotopic (exact) mass is 294 g/mol. The lowest BCUT2D eigenvalue weighted by Gasteiger charge is -2.29. The van der Waals surface area contributed by atoms with Crippen molar-refractivity contribution in [3.8, 4) is 0 Å². The second-order valence-electron chi connectivity index (χ2n) is 5.01. The zero-order valence-electron chi connectivity index (χ0n) is 11.7. The van der Waals surface area contributed by atoms with Gasteiger partial charge in [-0.15, -0.1) is 0 Å². The Morgan fingerprint density at radius 2 is 2.19 bits per heavy atom. The lowest BCUT2D eigenvalue weighted by molar-refractivity contribution is -0.384. The number of aromatic nitrogens is 1. The van der Waals surface area contributed by atoms with Crippen LogP contribution in [0.5, 0.6) is 0 Å². The van der Waals surface area contributed by atoms with Gasteiger partial charge in [-0.3, -0.25) is 10.1 Å². The summed E-state index contributed by atoms with van der Waals surface area (Å²) in [5, 5.41) is 14.1. The molecular formula is C13H18N4O4. The molecule has 0 saturated heterocycles. The number of carbonyl (C=O) groups excluding carboxylic acids is 1. The van der Waals surface area contributed by atoms with Crippen molar-refractivity contribution in [2.45, 2.75) is 37.8 Å². The number of ether oxygens (including phenoxy) is 1. The molecule has 1 saturated carbocycles. The smallest absolute Gasteiger partial charge is 0.356 e. The Labute approximate surface area is 121 Å². The van der Waals surface area contributed by atoms with Gasteiger partial charge in [0.15, 0.2) is 5.69 Å². The van der Waals surface area contributed by atoms with Crippen LogP contribution in [0.25, 0.3) is 0 Å². The van der Waals surface area contributed by atoms with Crippen LogP contribution < -0.4 is 11.1 Å². The van der Waals surface area contributed by atoms with E-state index < -0.39 is 10.9 Å². The van der Waals surface area contributed by atoms with E-state index in [-0.39, 0.29) is 29.3 Å². The van der Waals surface area contributed by atoms with Crippen molar-refractivity contribution in [3.63, 3.8) is 0 Å². The van der Waals surface area contributed by atoms with Crippen molar-refractivity contribution in [1.29, 1.82) is 0 Å². The number of nitrogens with two attached hydrogens (primary N) is 1. The van der Waals surface area contributed by atoms with Gasteiger partial charge in [-0.05, 0) is 18.9 Å². The zero-order valence-corrected chi connectivity index (χ0v) is 11.7. The van der Waals surface area contributed by atoms with Crippen LogP contribution in [-0.2, 0) is 4.74 Å². The molecule has 1 aliphatic rings. The number of carbonyl (C=O) groups is 1. The molecule has 0 spiro atoms. The number of nitrogens with zero attached hydrogens (tertiary/aromatic N) is 2. The molecule has 1 fully saturated rings. The van der Waals surface area contributed by atoms with Gasteiger partial charge in [0, 0.05) is 18.2 Å². The first-order valence-corrected chi connectivity index (χ1v) is 6.78. The van der Waals surface area contributed by atoms with Crippen LogP contribution >= 0.6 is 0 Å². The second-order valence-corrected chi connectivity index (χ2v) is 5.01. The van der Waals surface area contributed by atoms with E-state index >= 15 is 0 Å². The van der Waals surface area contributed by atoms with E-state index in [0.29, 0.717) is 0 Å². The molecule has 1 heterocycles. The summed E-state index contributed by atoms with van der Waals surface area (Å²) in [5.41, 5.74) is 5.87. The minimum absolute atomic E-state index is 0.0231. The summed E-state index contributed by atoms with van der Waals surface area (Å²) in [6.45, 7) is 0. The average molecular weight is 294 g/mol. The van der Waals surface area contributed by atoms with Crippen LogP contribution in [0.1, 0.15) is 36.2 Å². The molecule has 114 valence electrons. The van der Waals surface area contributed by atoms with E-state index in [1.807, 2.05) is 0 Å². The third-order valence-corrected chi connectivity index (χ3v) is 3.61.